The van der Waals surface area contributed by atoms with Crippen molar-refractivity contribution < 1.29 is 89.1 Å². The third-order valence-corrected chi connectivity index (χ3v) is 18.6. The highest BCUT2D eigenvalue weighted by Gasteiger charge is 2.68. The summed E-state index contributed by atoms with van der Waals surface area (Å²) in [7, 11) is 0. The molecule has 0 aromatic carbocycles. The Hall–Kier alpha value is -1.88. The van der Waals surface area contributed by atoms with E-state index in [1.807, 2.05) is 0 Å². The van der Waals surface area contributed by atoms with Crippen molar-refractivity contribution in [2.24, 2.45) is 56.7 Å². The Morgan fingerprint density at radius 3 is 2.09 bits per heavy atom. The number of aliphatic carboxylic acids is 1. The zero-order chi connectivity index (χ0) is 47.5. The molecule has 8 aliphatic rings. The average Bonchev–Trinajstić information content (AvgIpc) is 3.23. The Labute approximate surface area is 380 Å². The number of fused-ring (bicyclic) bond motifs is 7. The number of carbonyl (C=O) groups is 2. The molecule has 0 bridgehead atoms. The molecule has 7 fully saturated rings. The quantitative estimate of drug-likeness (QED) is 0.0912. The van der Waals surface area contributed by atoms with E-state index in [0.29, 0.717) is 12.8 Å². The van der Waals surface area contributed by atoms with Crippen molar-refractivity contribution in [2.45, 2.75) is 198 Å². The predicted octanol–water partition coefficient (Wildman–Crippen LogP) is 0.728. The van der Waals surface area contributed by atoms with Crippen LogP contribution in [0.3, 0.4) is 0 Å². The lowest BCUT2D eigenvalue weighted by Gasteiger charge is -2.71. The molecular formula is C47H74O18. The van der Waals surface area contributed by atoms with Crippen LogP contribution in [0, 0.1) is 56.7 Å². The van der Waals surface area contributed by atoms with Gasteiger partial charge in [0.15, 0.2) is 18.7 Å². The second kappa shape index (κ2) is 17.5. The van der Waals surface area contributed by atoms with E-state index < -0.39 is 122 Å². The lowest BCUT2D eigenvalue weighted by atomic mass is 9.34. The lowest BCUT2D eigenvalue weighted by Crippen LogP contribution is -2.66. The van der Waals surface area contributed by atoms with Crippen molar-refractivity contribution in [1.29, 1.82) is 0 Å². The fourth-order valence-corrected chi connectivity index (χ4v) is 14.9. The van der Waals surface area contributed by atoms with Crippen molar-refractivity contribution in [3.8, 4) is 0 Å². The second-order valence-corrected chi connectivity index (χ2v) is 23.0. The van der Waals surface area contributed by atoms with Gasteiger partial charge in [0.2, 0.25) is 6.29 Å². The summed E-state index contributed by atoms with van der Waals surface area (Å²) in [5.74, 6) is -2.00. The molecule has 5 unspecified atom stereocenters. The molecule has 10 N–H and O–H groups in total. The summed E-state index contributed by atoms with van der Waals surface area (Å²) < 4.78 is 35.3. The zero-order valence-corrected chi connectivity index (χ0v) is 38.6. The molecule has 0 amide bonds. The van der Waals surface area contributed by atoms with Gasteiger partial charge >= 0.3 is 11.9 Å². The number of aliphatic hydroxyl groups is 9. The Kier molecular flexibility index (Phi) is 13.3. The lowest BCUT2D eigenvalue weighted by molar-refractivity contribution is -0.366. The molecule has 0 radical (unpaired) electrons. The smallest absolute Gasteiger partial charge is 0.335 e. The molecule has 23 atom stereocenters. The van der Waals surface area contributed by atoms with Gasteiger partial charge in [-0.1, -0.05) is 60.1 Å². The first-order chi connectivity index (χ1) is 30.3. The molecule has 3 heterocycles. The number of hydrogen-bond donors (Lipinski definition) is 10. The average molecular weight is 927 g/mol. The summed E-state index contributed by atoms with van der Waals surface area (Å²) in [4.78, 5) is 26.4. The fourth-order valence-electron chi connectivity index (χ4n) is 14.9. The van der Waals surface area contributed by atoms with Gasteiger partial charge in [-0.15, -0.1) is 0 Å². The van der Waals surface area contributed by atoms with Gasteiger partial charge in [0.25, 0.3) is 0 Å². The van der Waals surface area contributed by atoms with Crippen LogP contribution in [0.15, 0.2) is 11.6 Å². The molecule has 4 saturated carbocycles. The van der Waals surface area contributed by atoms with Crippen LogP contribution in [0.1, 0.15) is 106 Å². The number of hydrogen-bond acceptors (Lipinski definition) is 17. The van der Waals surface area contributed by atoms with Crippen molar-refractivity contribution in [3.05, 3.63) is 11.6 Å². The third kappa shape index (κ3) is 8.04. The van der Waals surface area contributed by atoms with Crippen molar-refractivity contribution in [1.82, 2.24) is 0 Å². The number of carboxylic acid groups (broad SMARTS) is 1. The monoisotopic (exact) mass is 926 g/mol. The number of allylic oxidation sites excluding steroid dienone is 2. The van der Waals surface area contributed by atoms with Gasteiger partial charge in [-0.3, -0.25) is 4.79 Å². The van der Waals surface area contributed by atoms with E-state index in [4.69, 9.17) is 28.4 Å². The Morgan fingerprint density at radius 1 is 0.723 bits per heavy atom. The highest BCUT2D eigenvalue weighted by Crippen LogP contribution is 2.75. The first-order valence-electron chi connectivity index (χ1n) is 23.7. The largest absolute Gasteiger partial charge is 0.479 e. The van der Waals surface area contributed by atoms with E-state index in [1.165, 1.54) is 5.57 Å². The van der Waals surface area contributed by atoms with Crippen molar-refractivity contribution >= 4 is 11.9 Å². The predicted molar refractivity (Wildman–Crippen MR) is 225 cm³/mol. The molecule has 18 heteroatoms. The van der Waals surface area contributed by atoms with E-state index in [9.17, 15) is 60.7 Å². The minimum Gasteiger partial charge on any atom is -0.479 e. The summed E-state index contributed by atoms with van der Waals surface area (Å²) in [5.41, 5.74) is 0.230. The number of ether oxygens (including phenoxy) is 6. The number of aliphatic hydroxyl groups excluding tert-OH is 9. The molecule has 5 aliphatic carbocycles. The molecule has 0 aromatic heterocycles. The van der Waals surface area contributed by atoms with E-state index in [1.54, 1.807) is 0 Å². The van der Waals surface area contributed by atoms with Gasteiger partial charge < -0.3 is 79.5 Å². The first kappa shape index (κ1) is 49.5. The van der Waals surface area contributed by atoms with Gasteiger partial charge in [0.1, 0.15) is 61.0 Å². The highest BCUT2D eigenvalue weighted by atomic mass is 16.8. The number of carboxylic acids is 1. The normalized spacial score (nSPS) is 52.7. The van der Waals surface area contributed by atoms with Crippen molar-refractivity contribution in [3.63, 3.8) is 0 Å². The first-order valence-corrected chi connectivity index (χ1v) is 23.7. The van der Waals surface area contributed by atoms with Gasteiger partial charge in [-0.2, -0.15) is 0 Å². The summed E-state index contributed by atoms with van der Waals surface area (Å²) in [6.07, 6.45) is -13.5. The molecule has 0 spiro atoms. The summed E-state index contributed by atoms with van der Waals surface area (Å²) in [6, 6.07) is 0. The highest BCUT2D eigenvalue weighted by molar-refractivity contribution is 5.74. The molecule has 3 aliphatic heterocycles. The Balaban J connectivity index is 1.02. The van der Waals surface area contributed by atoms with Crippen LogP contribution in [0.25, 0.3) is 0 Å². The molecule has 8 rings (SSSR count). The zero-order valence-electron chi connectivity index (χ0n) is 38.6. The Bertz CT molecular complexity index is 1810. The van der Waals surface area contributed by atoms with Crippen LogP contribution in [-0.2, 0) is 38.0 Å². The molecule has 3 saturated heterocycles. The maximum absolute atomic E-state index is 14.2. The topological polar surface area (TPSA) is 292 Å². The minimum absolute atomic E-state index is 0.0156. The molecule has 18 nitrogen and oxygen atoms in total. The SMILES string of the molecule is CC1(C)CC2C3=CCC4C5(C)CC[C@H](O[C@@H]6O[C@H](C(=O)O)[C@@H](O)[C@H](O)[C@H]6O[C@@H]6OC[C@@H](O)[C@H](O)[C@H]6O)C(C)(C)[C@@H]5CCC4(C)[C@]3(C)CCC2[C@H](C(=O)O[C@@H]2O[C@H](CO)[C@@H](O)[C@H](O)[C@H]2O)C1. The molecular weight excluding hydrogens is 852 g/mol. The number of carbonyl (C=O) groups excluding carboxylic acids is 1. The van der Waals surface area contributed by atoms with Crippen molar-refractivity contribution in [2.75, 3.05) is 13.2 Å². The van der Waals surface area contributed by atoms with Crippen LogP contribution in [0.2, 0.25) is 0 Å². The van der Waals surface area contributed by atoms with Gasteiger partial charge in [0.05, 0.1) is 25.2 Å². The standard InChI is InChI=1S/C47H74O18/c1-43(2)16-21-20(22(17-43)39(59)65-41-35(56)31(52)30(51)25(18-48)61-41)10-14-46(6)23(21)8-9-27-45(5)13-12-28(44(3,4)26(45)11-15-47(27,46)7)62-42-37(33(54)32(53)36(63-42)38(57)58)64-40-34(55)29(50)24(49)19-60-40/h8,20-22,24-37,40-42,48-56H,9-19H2,1-7H3,(H,57,58)/t20?,21?,22-,24-,25-,26+,27?,28+,29+,30-,31+,32+,33+,34-,35-,36+,37-,40+,41+,42-,45?,46-,47?/m1/s1. The summed E-state index contributed by atoms with van der Waals surface area (Å²) in [6.45, 7) is 14.9. The van der Waals surface area contributed by atoms with Gasteiger partial charge in [-0.25, -0.2) is 4.79 Å². The van der Waals surface area contributed by atoms with E-state index in [-0.39, 0.29) is 51.9 Å². The third-order valence-electron chi connectivity index (χ3n) is 18.6. The minimum atomic E-state index is -1.91. The molecule has 0 aromatic rings. The maximum Gasteiger partial charge on any atom is 0.335 e. The van der Waals surface area contributed by atoms with Crippen LogP contribution in [-0.4, -0.2) is 168 Å². The van der Waals surface area contributed by atoms with Gasteiger partial charge in [0, 0.05) is 0 Å². The van der Waals surface area contributed by atoms with Crippen LogP contribution in [0.4, 0.5) is 0 Å². The second-order valence-electron chi connectivity index (χ2n) is 23.0. The molecule has 370 valence electrons. The van der Waals surface area contributed by atoms with Crippen LogP contribution >= 0.6 is 0 Å². The van der Waals surface area contributed by atoms with E-state index in [0.717, 1.165) is 44.9 Å². The number of esters is 1. The van der Waals surface area contributed by atoms with E-state index in [2.05, 4.69) is 54.5 Å². The fraction of sp³-hybridized carbons (Fsp3) is 0.915. The van der Waals surface area contributed by atoms with Crippen LogP contribution in [0.5, 0.6) is 0 Å². The summed E-state index contributed by atoms with van der Waals surface area (Å²) >= 11 is 0. The van der Waals surface area contributed by atoms with E-state index >= 15 is 0 Å². The Morgan fingerprint density at radius 2 is 1.42 bits per heavy atom. The van der Waals surface area contributed by atoms with Crippen LogP contribution < -0.4 is 0 Å². The number of rotatable bonds is 8. The molecule has 65 heavy (non-hydrogen) atoms. The van der Waals surface area contributed by atoms with Gasteiger partial charge in [-0.05, 0) is 109 Å². The maximum atomic E-state index is 14.2. The summed E-state index contributed by atoms with van der Waals surface area (Å²) in [5, 5.41) is 104.